The van der Waals surface area contributed by atoms with Crippen LogP contribution in [0.5, 0.6) is 0 Å². The monoisotopic (exact) mass is 391 g/mol. The largest absolute Gasteiger partial charge is 0.375 e. The first-order valence-electron chi connectivity index (χ1n) is 8.34. The number of hydrogen-bond donors (Lipinski definition) is 3. The van der Waals surface area contributed by atoms with Gasteiger partial charge < -0.3 is 20.7 Å². The summed E-state index contributed by atoms with van der Waals surface area (Å²) >= 11 is 0. The number of ether oxygens (including phenoxy) is 1. The zero-order valence-electron chi connectivity index (χ0n) is 15.4. The molecule has 0 bridgehead atoms. The quantitative estimate of drug-likeness (QED) is 0.696. The summed E-state index contributed by atoms with van der Waals surface area (Å²) in [5, 5.41) is 9.83. The van der Waals surface area contributed by atoms with Gasteiger partial charge in [-0.25, -0.2) is 0 Å². The summed E-state index contributed by atoms with van der Waals surface area (Å²) in [6.07, 6.45) is -0.0944. The van der Waals surface area contributed by atoms with E-state index in [1.165, 1.54) is 5.56 Å². The van der Waals surface area contributed by atoms with Crippen LogP contribution in [0.25, 0.3) is 0 Å². The van der Waals surface area contributed by atoms with Crippen LogP contribution < -0.4 is 16.0 Å². The van der Waals surface area contributed by atoms with Gasteiger partial charge in [0.05, 0.1) is 12.7 Å². The van der Waals surface area contributed by atoms with Crippen LogP contribution in [-0.2, 0) is 9.53 Å². The minimum Gasteiger partial charge on any atom is -0.375 e. The summed E-state index contributed by atoms with van der Waals surface area (Å²) in [4.78, 5) is 12.3. The van der Waals surface area contributed by atoms with Crippen molar-refractivity contribution in [1.82, 2.24) is 16.0 Å². The van der Waals surface area contributed by atoms with Crippen LogP contribution in [0, 0.1) is 0 Å². The van der Waals surface area contributed by atoms with E-state index in [-0.39, 0.29) is 54.4 Å². The number of nitrogens with one attached hydrogen (secondary N) is 3. The summed E-state index contributed by atoms with van der Waals surface area (Å²) in [5.41, 5.74) is 1.03. The number of amides is 1. The number of carbonyl (C=O) groups is 1. The average Bonchev–Trinajstić information content (AvgIpc) is 2.53. The molecule has 0 saturated carbocycles. The van der Waals surface area contributed by atoms with Crippen molar-refractivity contribution < 1.29 is 9.53 Å². The lowest BCUT2D eigenvalue weighted by molar-refractivity contribution is -0.129. The molecule has 1 fully saturated rings. The van der Waals surface area contributed by atoms with Gasteiger partial charge in [-0.15, -0.1) is 24.8 Å². The van der Waals surface area contributed by atoms with Gasteiger partial charge in [0.1, 0.15) is 6.04 Å². The fourth-order valence-corrected chi connectivity index (χ4v) is 2.91. The maximum atomic E-state index is 12.3. The third-order valence-corrected chi connectivity index (χ3v) is 4.21. The van der Waals surface area contributed by atoms with E-state index in [4.69, 9.17) is 4.74 Å². The van der Waals surface area contributed by atoms with E-state index in [2.05, 4.69) is 48.9 Å². The lowest BCUT2D eigenvalue weighted by Crippen LogP contribution is -2.58. The Morgan fingerprint density at radius 3 is 2.56 bits per heavy atom. The van der Waals surface area contributed by atoms with Crippen molar-refractivity contribution in [2.75, 3.05) is 19.7 Å². The molecule has 144 valence electrons. The van der Waals surface area contributed by atoms with Crippen molar-refractivity contribution in [3.8, 4) is 0 Å². The highest BCUT2D eigenvalue weighted by molar-refractivity contribution is 5.85. The molecule has 1 unspecified atom stereocenters. The zero-order valence-corrected chi connectivity index (χ0v) is 17.0. The summed E-state index contributed by atoms with van der Waals surface area (Å²) in [7, 11) is 0. The molecule has 1 heterocycles. The number of benzene rings is 1. The maximum Gasteiger partial charge on any atom is 0.239 e. The van der Waals surface area contributed by atoms with Crippen LogP contribution in [0.1, 0.15) is 39.3 Å². The van der Waals surface area contributed by atoms with Gasteiger partial charge in [-0.2, -0.15) is 0 Å². The SMILES string of the molecule is CC(NC(C)(C)CNC(=O)[C@H]1NCCO[C@@H]1C)c1ccccc1.Cl.Cl. The first-order valence-corrected chi connectivity index (χ1v) is 8.34. The van der Waals surface area contributed by atoms with Crippen LogP contribution in [0.4, 0.5) is 0 Å². The van der Waals surface area contributed by atoms with E-state index in [9.17, 15) is 4.79 Å². The van der Waals surface area contributed by atoms with Crippen LogP contribution in [0.15, 0.2) is 30.3 Å². The molecule has 0 aromatic heterocycles. The van der Waals surface area contributed by atoms with E-state index in [0.29, 0.717) is 13.2 Å². The van der Waals surface area contributed by atoms with Crippen LogP contribution in [0.3, 0.4) is 0 Å². The molecule has 1 aliphatic rings. The van der Waals surface area contributed by atoms with Crippen molar-refractivity contribution in [3.05, 3.63) is 35.9 Å². The number of carbonyl (C=O) groups excluding carboxylic acids is 1. The molecule has 1 aliphatic heterocycles. The van der Waals surface area contributed by atoms with E-state index < -0.39 is 0 Å². The molecular formula is C18H31Cl2N3O2. The molecule has 1 saturated heterocycles. The molecule has 0 spiro atoms. The normalized spacial score (nSPS) is 21.4. The summed E-state index contributed by atoms with van der Waals surface area (Å²) in [5.74, 6) is -0.000519. The van der Waals surface area contributed by atoms with Gasteiger partial charge in [0.2, 0.25) is 5.91 Å². The third kappa shape index (κ3) is 7.50. The molecule has 25 heavy (non-hydrogen) atoms. The molecule has 1 amide bonds. The third-order valence-electron chi connectivity index (χ3n) is 4.21. The van der Waals surface area contributed by atoms with E-state index in [1.54, 1.807) is 0 Å². The molecule has 0 radical (unpaired) electrons. The number of halogens is 2. The highest BCUT2D eigenvalue weighted by atomic mass is 35.5. The van der Waals surface area contributed by atoms with Gasteiger partial charge in [0.15, 0.2) is 0 Å². The Morgan fingerprint density at radius 1 is 1.32 bits per heavy atom. The van der Waals surface area contributed by atoms with Gasteiger partial charge in [-0.05, 0) is 33.3 Å². The number of morpholine rings is 1. The predicted molar refractivity (Wildman–Crippen MR) is 107 cm³/mol. The molecule has 5 nitrogen and oxygen atoms in total. The Morgan fingerprint density at radius 2 is 1.96 bits per heavy atom. The topological polar surface area (TPSA) is 62.4 Å². The van der Waals surface area contributed by atoms with Crippen molar-refractivity contribution in [2.24, 2.45) is 0 Å². The zero-order chi connectivity index (χ0) is 16.9. The molecule has 3 N–H and O–H groups in total. The Kier molecular flexibility index (Phi) is 10.6. The molecule has 1 aromatic carbocycles. The second-order valence-corrected chi connectivity index (χ2v) is 6.89. The molecule has 7 heteroatoms. The van der Waals surface area contributed by atoms with Gasteiger partial charge in [0, 0.05) is 24.7 Å². The minimum absolute atomic E-state index is 0. The fraction of sp³-hybridized carbons (Fsp3) is 0.611. The van der Waals surface area contributed by atoms with E-state index >= 15 is 0 Å². The Bertz CT molecular complexity index is 514. The van der Waals surface area contributed by atoms with Crippen molar-refractivity contribution in [1.29, 1.82) is 0 Å². The first-order chi connectivity index (χ1) is 10.9. The smallest absolute Gasteiger partial charge is 0.239 e. The molecular weight excluding hydrogens is 361 g/mol. The lowest BCUT2D eigenvalue weighted by Gasteiger charge is -2.33. The van der Waals surface area contributed by atoms with Crippen molar-refractivity contribution in [2.45, 2.75) is 51.4 Å². The first kappa shape index (κ1) is 24.1. The molecule has 2 rings (SSSR count). The average molecular weight is 392 g/mol. The van der Waals surface area contributed by atoms with Crippen molar-refractivity contribution in [3.63, 3.8) is 0 Å². The summed E-state index contributed by atoms with van der Waals surface area (Å²) in [6, 6.07) is 10.3. The second-order valence-electron chi connectivity index (χ2n) is 6.89. The predicted octanol–water partition coefficient (Wildman–Crippen LogP) is 2.45. The van der Waals surface area contributed by atoms with Gasteiger partial charge in [-0.1, -0.05) is 30.3 Å². The van der Waals surface area contributed by atoms with Crippen molar-refractivity contribution >= 4 is 30.7 Å². The highest BCUT2D eigenvalue weighted by Crippen LogP contribution is 2.15. The minimum atomic E-state index is -0.272. The second kappa shape index (κ2) is 11.0. The molecule has 0 aliphatic carbocycles. The summed E-state index contributed by atoms with van der Waals surface area (Å²) < 4.78 is 5.53. The van der Waals surface area contributed by atoms with Gasteiger partial charge in [0.25, 0.3) is 0 Å². The Labute approximate surface area is 163 Å². The molecule has 1 aromatic rings. The highest BCUT2D eigenvalue weighted by Gasteiger charge is 2.29. The standard InChI is InChI=1S/C18H29N3O2.2ClH/c1-13(15-8-6-5-7-9-15)21-18(3,4)12-20-17(22)16-14(2)23-11-10-19-16;;/h5-9,13-14,16,19,21H,10-12H2,1-4H3,(H,20,22);2*1H/t13?,14-,16+;;/m1../s1. The molecule has 3 atom stereocenters. The summed E-state index contributed by atoms with van der Waals surface area (Å²) in [6.45, 7) is 10.2. The van der Waals surface area contributed by atoms with E-state index in [1.807, 2.05) is 25.1 Å². The fourth-order valence-electron chi connectivity index (χ4n) is 2.91. The number of hydrogen-bond acceptors (Lipinski definition) is 4. The number of rotatable bonds is 6. The van der Waals surface area contributed by atoms with E-state index in [0.717, 1.165) is 6.54 Å². The van der Waals surface area contributed by atoms with Crippen LogP contribution in [0.2, 0.25) is 0 Å². The Hall–Kier alpha value is -0.850. The van der Waals surface area contributed by atoms with Crippen LogP contribution in [-0.4, -0.2) is 43.3 Å². The Balaban J connectivity index is 0.00000288. The van der Waals surface area contributed by atoms with Gasteiger partial charge >= 0.3 is 0 Å². The van der Waals surface area contributed by atoms with Gasteiger partial charge in [-0.3, -0.25) is 4.79 Å². The maximum absolute atomic E-state index is 12.3. The lowest BCUT2D eigenvalue weighted by atomic mass is 10.0. The van der Waals surface area contributed by atoms with Crippen LogP contribution >= 0.6 is 24.8 Å².